The molecule has 19 heavy (non-hydrogen) atoms. The molecule has 1 aromatic rings. The van der Waals surface area contributed by atoms with E-state index in [-0.39, 0.29) is 0 Å². The summed E-state index contributed by atoms with van der Waals surface area (Å²) in [6.07, 6.45) is 1.29. The van der Waals surface area contributed by atoms with Gasteiger partial charge in [0.1, 0.15) is 0 Å². The second-order valence-corrected chi connectivity index (χ2v) is 7.09. The molecule has 108 valence electrons. The molecule has 0 spiro atoms. The van der Waals surface area contributed by atoms with Gasteiger partial charge in [-0.15, -0.1) is 11.8 Å². The van der Waals surface area contributed by atoms with E-state index in [0.717, 1.165) is 12.5 Å². The SMILES string of the molecule is CNCC(C)C(C)c1ccc(SCCC(C)C)cc1. The van der Waals surface area contributed by atoms with Gasteiger partial charge in [-0.1, -0.05) is 39.8 Å². The van der Waals surface area contributed by atoms with Gasteiger partial charge in [-0.05, 0) is 61.2 Å². The minimum absolute atomic E-state index is 0.613. The van der Waals surface area contributed by atoms with Crippen LogP contribution < -0.4 is 5.32 Å². The normalized spacial score (nSPS) is 14.6. The number of nitrogens with one attached hydrogen (secondary N) is 1. The maximum Gasteiger partial charge on any atom is 0.00721 e. The van der Waals surface area contributed by atoms with Crippen LogP contribution in [0.25, 0.3) is 0 Å². The van der Waals surface area contributed by atoms with Crippen LogP contribution in [0.1, 0.15) is 45.6 Å². The minimum Gasteiger partial charge on any atom is -0.319 e. The Hall–Kier alpha value is -0.470. The summed E-state index contributed by atoms with van der Waals surface area (Å²) in [4.78, 5) is 1.40. The third-order valence-corrected chi connectivity index (χ3v) is 4.79. The second kappa shape index (κ2) is 8.65. The van der Waals surface area contributed by atoms with Crippen LogP contribution >= 0.6 is 11.8 Å². The molecule has 0 heterocycles. The number of rotatable bonds is 8. The van der Waals surface area contributed by atoms with Crippen molar-refractivity contribution in [3.05, 3.63) is 29.8 Å². The highest BCUT2D eigenvalue weighted by Crippen LogP contribution is 2.27. The first-order chi connectivity index (χ1) is 9.04. The van der Waals surface area contributed by atoms with Gasteiger partial charge < -0.3 is 5.32 Å². The molecular formula is C17H29NS. The Balaban J connectivity index is 2.51. The first-order valence-electron chi connectivity index (χ1n) is 7.42. The Labute approximate surface area is 123 Å². The fourth-order valence-electron chi connectivity index (χ4n) is 2.11. The maximum atomic E-state index is 3.26. The van der Waals surface area contributed by atoms with Gasteiger partial charge in [0.05, 0.1) is 0 Å². The van der Waals surface area contributed by atoms with Crippen molar-refractivity contribution in [2.45, 2.75) is 44.9 Å². The molecule has 1 N–H and O–H groups in total. The van der Waals surface area contributed by atoms with Gasteiger partial charge in [0.2, 0.25) is 0 Å². The van der Waals surface area contributed by atoms with Crippen LogP contribution in [0.4, 0.5) is 0 Å². The molecule has 0 aromatic heterocycles. The van der Waals surface area contributed by atoms with Gasteiger partial charge in [0.15, 0.2) is 0 Å². The lowest BCUT2D eigenvalue weighted by molar-refractivity contribution is 0.466. The summed E-state index contributed by atoms with van der Waals surface area (Å²) in [5, 5.41) is 3.26. The minimum atomic E-state index is 0.613. The van der Waals surface area contributed by atoms with E-state index in [1.54, 1.807) is 0 Å². The Bertz CT molecular complexity index is 345. The van der Waals surface area contributed by atoms with E-state index in [1.807, 2.05) is 18.8 Å². The lowest BCUT2D eigenvalue weighted by atomic mass is 9.89. The third-order valence-electron chi connectivity index (χ3n) is 3.75. The summed E-state index contributed by atoms with van der Waals surface area (Å²) < 4.78 is 0. The molecule has 2 unspecified atom stereocenters. The van der Waals surface area contributed by atoms with E-state index in [4.69, 9.17) is 0 Å². The van der Waals surface area contributed by atoms with Gasteiger partial charge in [0, 0.05) is 4.90 Å². The maximum absolute atomic E-state index is 3.26. The highest BCUT2D eigenvalue weighted by molar-refractivity contribution is 7.99. The molecule has 1 nitrogen and oxygen atoms in total. The predicted molar refractivity (Wildman–Crippen MR) is 88.1 cm³/mol. The van der Waals surface area contributed by atoms with Crippen LogP contribution in [-0.2, 0) is 0 Å². The van der Waals surface area contributed by atoms with Crippen molar-refractivity contribution >= 4 is 11.8 Å². The predicted octanol–water partition coefficient (Wildman–Crippen LogP) is 4.78. The quantitative estimate of drug-likeness (QED) is 0.687. The van der Waals surface area contributed by atoms with Crippen LogP contribution in [0, 0.1) is 11.8 Å². The average Bonchev–Trinajstić information content (AvgIpc) is 2.38. The Morgan fingerprint density at radius 3 is 2.21 bits per heavy atom. The molecule has 0 aliphatic heterocycles. The van der Waals surface area contributed by atoms with E-state index < -0.39 is 0 Å². The molecule has 0 aliphatic carbocycles. The Kier molecular flexibility index (Phi) is 7.55. The number of hydrogen-bond acceptors (Lipinski definition) is 2. The van der Waals surface area contributed by atoms with Gasteiger partial charge >= 0.3 is 0 Å². The zero-order chi connectivity index (χ0) is 14.3. The van der Waals surface area contributed by atoms with E-state index in [0.29, 0.717) is 11.8 Å². The molecule has 2 heteroatoms. The Morgan fingerprint density at radius 2 is 1.68 bits per heavy atom. The zero-order valence-corrected chi connectivity index (χ0v) is 13.9. The van der Waals surface area contributed by atoms with Crippen LogP contribution in [0.2, 0.25) is 0 Å². The standard InChI is InChI=1S/C17H29NS/c1-13(2)10-11-19-17-8-6-16(7-9-17)15(4)14(3)12-18-5/h6-9,13-15,18H,10-12H2,1-5H3. The van der Waals surface area contributed by atoms with Crippen molar-refractivity contribution in [1.82, 2.24) is 5.32 Å². The van der Waals surface area contributed by atoms with Gasteiger partial charge in [0.25, 0.3) is 0 Å². The fraction of sp³-hybridized carbons (Fsp3) is 0.647. The van der Waals surface area contributed by atoms with Crippen LogP contribution in [0.3, 0.4) is 0 Å². The molecule has 0 fully saturated rings. The van der Waals surface area contributed by atoms with E-state index in [2.05, 4.69) is 57.3 Å². The molecule has 0 saturated carbocycles. The lowest BCUT2D eigenvalue weighted by Gasteiger charge is -2.20. The number of benzene rings is 1. The van der Waals surface area contributed by atoms with Crippen molar-refractivity contribution in [1.29, 1.82) is 0 Å². The Morgan fingerprint density at radius 1 is 1.05 bits per heavy atom. The topological polar surface area (TPSA) is 12.0 Å². The summed E-state index contributed by atoms with van der Waals surface area (Å²) in [7, 11) is 2.03. The second-order valence-electron chi connectivity index (χ2n) is 5.92. The molecule has 0 aliphatic rings. The van der Waals surface area contributed by atoms with Crippen LogP contribution in [0.5, 0.6) is 0 Å². The highest BCUT2D eigenvalue weighted by Gasteiger charge is 2.13. The molecule has 0 bridgehead atoms. The summed E-state index contributed by atoms with van der Waals surface area (Å²) in [6, 6.07) is 9.16. The van der Waals surface area contributed by atoms with Crippen molar-refractivity contribution in [3.63, 3.8) is 0 Å². The summed E-state index contributed by atoms with van der Waals surface area (Å²) in [6.45, 7) is 10.3. The average molecular weight is 279 g/mol. The van der Waals surface area contributed by atoms with Gasteiger partial charge in [-0.2, -0.15) is 0 Å². The molecule has 2 atom stereocenters. The van der Waals surface area contributed by atoms with E-state index in [9.17, 15) is 0 Å². The van der Waals surface area contributed by atoms with Crippen molar-refractivity contribution in [3.8, 4) is 0 Å². The van der Waals surface area contributed by atoms with Crippen molar-refractivity contribution < 1.29 is 0 Å². The van der Waals surface area contributed by atoms with E-state index in [1.165, 1.54) is 22.6 Å². The lowest BCUT2D eigenvalue weighted by Crippen LogP contribution is -2.20. The van der Waals surface area contributed by atoms with E-state index >= 15 is 0 Å². The molecular weight excluding hydrogens is 250 g/mol. The molecule has 0 radical (unpaired) electrons. The summed E-state index contributed by atoms with van der Waals surface area (Å²) >= 11 is 1.98. The third kappa shape index (κ3) is 6.01. The smallest absolute Gasteiger partial charge is 0.00721 e. The first kappa shape index (κ1) is 16.6. The van der Waals surface area contributed by atoms with Crippen LogP contribution in [-0.4, -0.2) is 19.3 Å². The number of hydrogen-bond donors (Lipinski definition) is 1. The largest absolute Gasteiger partial charge is 0.319 e. The monoisotopic (exact) mass is 279 g/mol. The summed E-state index contributed by atoms with van der Waals surface area (Å²) in [5.74, 6) is 3.31. The molecule has 0 saturated heterocycles. The molecule has 1 aromatic carbocycles. The zero-order valence-electron chi connectivity index (χ0n) is 13.1. The summed E-state index contributed by atoms with van der Waals surface area (Å²) in [5.41, 5.74) is 1.45. The fourth-order valence-corrected chi connectivity index (χ4v) is 3.26. The molecule has 1 rings (SSSR count). The van der Waals surface area contributed by atoms with Crippen LogP contribution in [0.15, 0.2) is 29.2 Å². The molecule has 0 amide bonds. The number of thioether (sulfide) groups is 1. The van der Waals surface area contributed by atoms with Gasteiger partial charge in [-0.25, -0.2) is 0 Å². The van der Waals surface area contributed by atoms with Gasteiger partial charge in [-0.3, -0.25) is 0 Å². The first-order valence-corrected chi connectivity index (χ1v) is 8.40. The highest BCUT2D eigenvalue weighted by atomic mass is 32.2. The van der Waals surface area contributed by atoms with Crippen molar-refractivity contribution in [2.75, 3.05) is 19.3 Å². The van der Waals surface area contributed by atoms with Crippen molar-refractivity contribution in [2.24, 2.45) is 11.8 Å².